The number of aryl methyl sites for hydroxylation is 1. The predicted molar refractivity (Wildman–Crippen MR) is 77.5 cm³/mol. The molecule has 6 heteroatoms. The molecule has 21 heavy (non-hydrogen) atoms. The fourth-order valence-corrected chi connectivity index (χ4v) is 3.67. The van der Waals surface area contributed by atoms with E-state index in [0.29, 0.717) is 17.9 Å². The molecule has 1 aliphatic carbocycles. The van der Waals surface area contributed by atoms with Crippen LogP contribution in [0.4, 0.5) is 4.39 Å². The van der Waals surface area contributed by atoms with E-state index in [1.54, 1.807) is 6.92 Å². The van der Waals surface area contributed by atoms with E-state index in [2.05, 4.69) is 4.72 Å². The summed E-state index contributed by atoms with van der Waals surface area (Å²) in [5, 5.41) is 0. The third kappa shape index (κ3) is 3.10. The third-order valence-corrected chi connectivity index (χ3v) is 5.80. The number of carbonyl (C=O) groups is 1. The van der Waals surface area contributed by atoms with Gasteiger partial charge in [-0.15, -0.1) is 0 Å². The minimum absolute atomic E-state index is 0.155. The number of amides is 1. The van der Waals surface area contributed by atoms with Crippen molar-refractivity contribution in [2.75, 3.05) is 0 Å². The SMILES string of the molecule is Cc1cc(F)cc(S(=O)(=O)NC(=O)C2CC2(C)C(C)C)c1. The highest BCUT2D eigenvalue weighted by atomic mass is 32.2. The lowest BCUT2D eigenvalue weighted by Gasteiger charge is -2.15. The van der Waals surface area contributed by atoms with Crippen molar-refractivity contribution in [1.82, 2.24) is 4.72 Å². The van der Waals surface area contributed by atoms with Crippen molar-refractivity contribution >= 4 is 15.9 Å². The molecule has 4 nitrogen and oxygen atoms in total. The third-order valence-electron chi connectivity index (χ3n) is 4.48. The molecule has 2 unspecified atom stereocenters. The molecule has 1 fully saturated rings. The molecule has 1 aliphatic rings. The highest BCUT2D eigenvalue weighted by molar-refractivity contribution is 7.90. The first-order valence-corrected chi connectivity index (χ1v) is 8.38. The Balaban J connectivity index is 2.17. The number of hydrogen-bond donors (Lipinski definition) is 1. The minimum Gasteiger partial charge on any atom is -0.274 e. The van der Waals surface area contributed by atoms with Crippen molar-refractivity contribution in [1.29, 1.82) is 0 Å². The van der Waals surface area contributed by atoms with Crippen LogP contribution in [0.2, 0.25) is 0 Å². The van der Waals surface area contributed by atoms with Crippen LogP contribution in [0.5, 0.6) is 0 Å². The first-order valence-electron chi connectivity index (χ1n) is 6.90. The molecule has 0 saturated heterocycles. The molecule has 0 radical (unpaired) electrons. The Morgan fingerprint density at radius 3 is 2.48 bits per heavy atom. The number of sulfonamides is 1. The first kappa shape index (κ1) is 15.9. The lowest BCUT2D eigenvalue weighted by Crippen LogP contribution is -2.33. The monoisotopic (exact) mass is 313 g/mol. The molecule has 1 N–H and O–H groups in total. The van der Waals surface area contributed by atoms with Crippen LogP contribution in [-0.2, 0) is 14.8 Å². The van der Waals surface area contributed by atoms with E-state index in [1.165, 1.54) is 12.1 Å². The van der Waals surface area contributed by atoms with Crippen molar-refractivity contribution in [2.24, 2.45) is 17.3 Å². The Bertz CT molecular complexity index is 664. The van der Waals surface area contributed by atoms with Crippen LogP contribution < -0.4 is 4.72 Å². The summed E-state index contributed by atoms with van der Waals surface area (Å²) in [5.41, 5.74) is 0.332. The van der Waals surface area contributed by atoms with Crippen LogP contribution in [-0.4, -0.2) is 14.3 Å². The van der Waals surface area contributed by atoms with E-state index in [0.717, 1.165) is 6.07 Å². The fraction of sp³-hybridized carbons (Fsp3) is 0.533. The molecule has 116 valence electrons. The van der Waals surface area contributed by atoms with Crippen LogP contribution in [0.3, 0.4) is 0 Å². The van der Waals surface area contributed by atoms with E-state index in [9.17, 15) is 17.6 Å². The summed E-state index contributed by atoms with van der Waals surface area (Å²) in [6.07, 6.45) is 0.675. The zero-order valence-electron chi connectivity index (χ0n) is 12.6. The molecule has 0 bridgehead atoms. The molecule has 1 amide bonds. The summed E-state index contributed by atoms with van der Waals surface area (Å²) in [6, 6.07) is 3.49. The summed E-state index contributed by atoms with van der Waals surface area (Å²) in [5.74, 6) is -1.15. The van der Waals surface area contributed by atoms with Crippen LogP contribution in [0.15, 0.2) is 23.1 Å². The zero-order chi connectivity index (χ0) is 16.0. The van der Waals surface area contributed by atoms with E-state index < -0.39 is 21.7 Å². The largest absolute Gasteiger partial charge is 0.274 e. The molecular weight excluding hydrogens is 293 g/mol. The van der Waals surface area contributed by atoms with Gasteiger partial charge in [0.15, 0.2) is 0 Å². The topological polar surface area (TPSA) is 63.2 Å². The summed E-state index contributed by atoms with van der Waals surface area (Å²) in [7, 11) is -4.02. The Morgan fingerprint density at radius 1 is 1.38 bits per heavy atom. The molecule has 1 aromatic rings. The van der Waals surface area contributed by atoms with Crippen molar-refractivity contribution in [2.45, 2.75) is 39.0 Å². The van der Waals surface area contributed by atoms with Gasteiger partial charge in [-0.2, -0.15) is 0 Å². The number of halogens is 1. The molecular formula is C15H20FNO3S. The molecule has 2 atom stereocenters. The van der Waals surface area contributed by atoms with Crippen molar-refractivity contribution < 1.29 is 17.6 Å². The van der Waals surface area contributed by atoms with Crippen LogP contribution >= 0.6 is 0 Å². The van der Waals surface area contributed by atoms with Gasteiger partial charge in [-0.05, 0) is 48.4 Å². The summed E-state index contributed by atoms with van der Waals surface area (Å²) in [4.78, 5) is 11.9. The standard InChI is InChI=1S/C15H20FNO3S/c1-9(2)15(4)8-13(15)14(18)17-21(19,20)12-6-10(3)5-11(16)7-12/h5-7,9,13H,8H2,1-4H3,(H,17,18). The van der Waals surface area contributed by atoms with Crippen molar-refractivity contribution in [3.05, 3.63) is 29.6 Å². The van der Waals surface area contributed by atoms with Gasteiger partial charge in [-0.3, -0.25) is 4.79 Å². The highest BCUT2D eigenvalue weighted by Crippen LogP contribution is 2.57. The first-order chi connectivity index (χ1) is 9.56. The Morgan fingerprint density at radius 2 is 2.00 bits per heavy atom. The number of hydrogen-bond acceptors (Lipinski definition) is 3. The van der Waals surface area contributed by atoms with Gasteiger partial charge in [-0.25, -0.2) is 17.5 Å². The second-order valence-electron chi connectivity index (χ2n) is 6.35. The predicted octanol–water partition coefficient (Wildman–Crippen LogP) is 2.62. The number of benzene rings is 1. The summed E-state index contributed by atoms with van der Waals surface area (Å²) >= 11 is 0. The van der Waals surface area contributed by atoms with E-state index in [1.807, 2.05) is 20.8 Å². The minimum atomic E-state index is -4.02. The van der Waals surface area contributed by atoms with Gasteiger partial charge in [-0.1, -0.05) is 20.8 Å². The average Bonchev–Trinajstić information content (AvgIpc) is 3.01. The van der Waals surface area contributed by atoms with Crippen molar-refractivity contribution in [3.8, 4) is 0 Å². The molecule has 1 saturated carbocycles. The highest BCUT2D eigenvalue weighted by Gasteiger charge is 2.56. The maximum absolute atomic E-state index is 13.3. The zero-order valence-corrected chi connectivity index (χ0v) is 13.4. The van der Waals surface area contributed by atoms with E-state index in [4.69, 9.17) is 0 Å². The van der Waals surface area contributed by atoms with Crippen LogP contribution in [0.1, 0.15) is 32.8 Å². The molecule has 0 spiro atoms. The quantitative estimate of drug-likeness (QED) is 0.929. The fourth-order valence-electron chi connectivity index (χ4n) is 2.53. The van der Waals surface area contributed by atoms with Crippen LogP contribution in [0, 0.1) is 30.0 Å². The smallest absolute Gasteiger partial charge is 0.264 e. The second kappa shape index (κ2) is 5.09. The molecule has 0 aliphatic heterocycles. The number of rotatable bonds is 4. The van der Waals surface area contributed by atoms with Gasteiger partial charge < -0.3 is 0 Å². The summed E-state index contributed by atoms with van der Waals surface area (Å²) in [6.45, 7) is 7.59. The van der Waals surface area contributed by atoms with Gasteiger partial charge in [0.05, 0.1) is 4.90 Å². The Kier molecular flexibility index (Phi) is 3.86. The van der Waals surface area contributed by atoms with Crippen LogP contribution in [0.25, 0.3) is 0 Å². The molecule has 0 aromatic heterocycles. The molecule has 0 heterocycles. The maximum atomic E-state index is 13.3. The van der Waals surface area contributed by atoms with Crippen molar-refractivity contribution in [3.63, 3.8) is 0 Å². The number of carbonyl (C=O) groups excluding carboxylic acids is 1. The van der Waals surface area contributed by atoms with Gasteiger partial charge in [0.2, 0.25) is 5.91 Å². The normalized spacial score (nSPS) is 25.0. The lowest BCUT2D eigenvalue weighted by atomic mass is 9.92. The van der Waals surface area contributed by atoms with Gasteiger partial charge in [0.1, 0.15) is 5.82 Å². The lowest BCUT2D eigenvalue weighted by molar-refractivity contribution is -0.121. The van der Waals surface area contributed by atoms with Gasteiger partial charge >= 0.3 is 0 Å². The summed E-state index contributed by atoms with van der Waals surface area (Å²) < 4.78 is 39.7. The molecule has 1 aromatic carbocycles. The average molecular weight is 313 g/mol. The Hall–Kier alpha value is -1.43. The second-order valence-corrected chi connectivity index (χ2v) is 8.03. The van der Waals surface area contributed by atoms with E-state index in [-0.39, 0.29) is 16.2 Å². The number of nitrogens with one attached hydrogen (secondary N) is 1. The van der Waals surface area contributed by atoms with Gasteiger partial charge in [0, 0.05) is 5.92 Å². The molecule has 2 rings (SSSR count). The van der Waals surface area contributed by atoms with E-state index >= 15 is 0 Å². The Labute approximate surface area is 124 Å². The van der Waals surface area contributed by atoms with Gasteiger partial charge in [0.25, 0.3) is 10.0 Å². The maximum Gasteiger partial charge on any atom is 0.264 e.